The van der Waals surface area contributed by atoms with Gasteiger partial charge in [-0.15, -0.1) is 0 Å². The van der Waals surface area contributed by atoms with Gasteiger partial charge >= 0.3 is 0 Å². The maximum atomic E-state index is 12.5. The number of nitrogens with zero attached hydrogens (tertiary/aromatic N) is 4. The molecule has 8 nitrogen and oxygen atoms in total. The molecule has 0 radical (unpaired) electrons. The van der Waals surface area contributed by atoms with Gasteiger partial charge in [-0.3, -0.25) is 4.98 Å². The van der Waals surface area contributed by atoms with E-state index in [2.05, 4.69) is 9.97 Å². The first kappa shape index (κ1) is 17.5. The van der Waals surface area contributed by atoms with Gasteiger partial charge in [-0.05, 0) is 11.6 Å². The Morgan fingerprint density at radius 1 is 1.32 bits per heavy atom. The Hall–Kier alpha value is -2.28. The summed E-state index contributed by atoms with van der Waals surface area (Å²) in [6.07, 6.45) is 2.67. The molecule has 3 rings (SSSR count). The van der Waals surface area contributed by atoms with Gasteiger partial charge in [-0.1, -0.05) is 6.92 Å². The molecule has 25 heavy (non-hydrogen) atoms. The molecule has 0 aromatic carbocycles. The van der Waals surface area contributed by atoms with Gasteiger partial charge in [0.25, 0.3) is 0 Å². The summed E-state index contributed by atoms with van der Waals surface area (Å²) in [4.78, 5) is 8.69. The second kappa shape index (κ2) is 6.92. The fraction of sp³-hybridized carbons (Fsp3) is 0.438. The number of hydrogen-bond acceptors (Lipinski definition) is 7. The molecule has 0 atom stereocenters. The van der Waals surface area contributed by atoms with E-state index >= 15 is 0 Å². The fourth-order valence-corrected chi connectivity index (χ4v) is 3.70. The van der Waals surface area contributed by atoms with Gasteiger partial charge < -0.3 is 14.0 Å². The van der Waals surface area contributed by atoms with Crippen LogP contribution in [-0.4, -0.2) is 41.9 Å². The molecule has 1 aliphatic heterocycles. The van der Waals surface area contributed by atoms with E-state index in [0.29, 0.717) is 30.3 Å². The summed E-state index contributed by atoms with van der Waals surface area (Å²) in [7, 11) is -1.77. The monoisotopic (exact) mass is 362 g/mol. The zero-order valence-corrected chi connectivity index (χ0v) is 14.8. The number of sulfone groups is 1. The van der Waals surface area contributed by atoms with Crippen LogP contribution in [-0.2, 0) is 32.8 Å². The summed E-state index contributed by atoms with van der Waals surface area (Å²) in [5.41, 5.74) is 1.50. The third-order valence-corrected chi connectivity index (χ3v) is 5.75. The van der Waals surface area contributed by atoms with E-state index in [9.17, 15) is 8.42 Å². The molecular formula is C16H18N4O4S. The Morgan fingerprint density at radius 3 is 2.68 bits per heavy atom. The molecule has 0 saturated carbocycles. The normalized spacial score (nSPS) is 15.4. The quantitative estimate of drug-likeness (QED) is 0.791. The summed E-state index contributed by atoms with van der Waals surface area (Å²) in [5.74, 6) is 0.341. The van der Waals surface area contributed by atoms with Crippen LogP contribution in [0.5, 0.6) is 0 Å². The number of aromatic nitrogens is 3. The minimum atomic E-state index is -3.53. The van der Waals surface area contributed by atoms with Crippen molar-refractivity contribution in [1.82, 2.24) is 14.5 Å². The highest BCUT2D eigenvalue weighted by Gasteiger charge is 2.27. The Bertz CT molecular complexity index is 924. The van der Waals surface area contributed by atoms with E-state index in [1.54, 1.807) is 24.7 Å². The van der Waals surface area contributed by atoms with Crippen molar-refractivity contribution in [2.45, 2.75) is 24.5 Å². The van der Waals surface area contributed by atoms with E-state index in [1.165, 1.54) is 12.3 Å². The first-order valence-corrected chi connectivity index (χ1v) is 9.47. The van der Waals surface area contributed by atoms with Crippen LogP contribution in [0.2, 0.25) is 0 Å². The predicted molar refractivity (Wildman–Crippen MR) is 88.1 cm³/mol. The number of hydrogen-bond donors (Lipinski definition) is 0. The number of pyridine rings is 1. The molecule has 0 amide bonds. The highest BCUT2D eigenvalue weighted by Crippen LogP contribution is 2.30. The first-order chi connectivity index (χ1) is 12.0. The van der Waals surface area contributed by atoms with Crippen molar-refractivity contribution in [3.63, 3.8) is 0 Å². The largest absolute Gasteiger partial charge is 0.345 e. The smallest absolute Gasteiger partial charge is 0.200 e. The fourth-order valence-electron chi connectivity index (χ4n) is 2.62. The number of rotatable bonds is 5. The van der Waals surface area contributed by atoms with Gasteiger partial charge in [0.15, 0.2) is 15.7 Å². The maximum Gasteiger partial charge on any atom is 0.200 e. The molecule has 1 aliphatic rings. The van der Waals surface area contributed by atoms with Crippen LogP contribution in [0.15, 0.2) is 23.4 Å². The van der Waals surface area contributed by atoms with Crippen LogP contribution in [0.25, 0.3) is 11.5 Å². The third kappa shape index (κ3) is 3.28. The zero-order chi connectivity index (χ0) is 18.0. The average molecular weight is 362 g/mol. The van der Waals surface area contributed by atoms with Crippen molar-refractivity contribution < 1.29 is 17.9 Å². The summed E-state index contributed by atoms with van der Waals surface area (Å²) >= 11 is 0. The van der Waals surface area contributed by atoms with Gasteiger partial charge in [0, 0.05) is 13.2 Å². The van der Waals surface area contributed by atoms with Crippen LogP contribution in [0, 0.1) is 11.3 Å². The summed E-state index contributed by atoms with van der Waals surface area (Å²) < 4.78 is 37.7. The molecule has 0 bridgehead atoms. The van der Waals surface area contributed by atoms with Crippen LogP contribution >= 0.6 is 0 Å². The number of imidazole rings is 1. The SMILES string of the molecule is CCS(=O)(=O)c1cc(CC#N)cnc1-c1ncc(C2OCCO2)n1C. The lowest BCUT2D eigenvalue weighted by atomic mass is 10.2. The summed E-state index contributed by atoms with van der Waals surface area (Å²) in [6.45, 7) is 2.57. The second-order valence-electron chi connectivity index (χ2n) is 5.57. The van der Waals surface area contributed by atoms with E-state index in [-0.39, 0.29) is 22.8 Å². The average Bonchev–Trinajstić information content (AvgIpc) is 3.25. The summed E-state index contributed by atoms with van der Waals surface area (Å²) in [5, 5.41) is 8.85. The molecule has 0 unspecified atom stereocenters. The molecule has 0 aliphatic carbocycles. The molecule has 0 spiro atoms. The Balaban J connectivity index is 2.12. The standard InChI is InChI=1S/C16H18N4O4S/c1-3-25(21,22)13-8-11(4-5-17)9-18-14(13)15-19-10-12(20(15)2)16-23-6-7-24-16/h8-10,16H,3-4,6-7H2,1-2H3. The van der Waals surface area contributed by atoms with Gasteiger partial charge in [-0.2, -0.15) is 5.26 Å². The lowest BCUT2D eigenvalue weighted by Gasteiger charge is -2.13. The second-order valence-corrected chi connectivity index (χ2v) is 7.81. The molecule has 0 N–H and O–H groups in total. The van der Waals surface area contributed by atoms with Crippen molar-refractivity contribution in [3.8, 4) is 17.6 Å². The molecule has 1 fully saturated rings. The van der Waals surface area contributed by atoms with Gasteiger partial charge in [0.1, 0.15) is 5.69 Å². The predicted octanol–water partition coefficient (Wildman–Crippen LogP) is 1.39. The van der Waals surface area contributed by atoms with Crippen molar-refractivity contribution in [1.29, 1.82) is 5.26 Å². The molecular weight excluding hydrogens is 344 g/mol. The number of ether oxygens (including phenoxy) is 2. The Kier molecular flexibility index (Phi) is 4.85. The minimum Gasteiger partial charge on any atom is -0.345 e. The molecule has 2 aromatic rings. The Labute approximate surface area is 146 Å². The third-order valence-electron chi connectivity index (χ3n) is 4.01. The van der Waals surface area contributed by atoms with E-state index in [4.69, 9.17) is 14.7 Å². The zero-order valence-electron chi connectivity index (χ0n) is 14.0. The van der Waals surface area contributed by atoms with Crippen LogP contribution in [0.3, 0.4) is 0 Å². The lowest BCUT2D eigenvalue weighted by molar-refractivity contribution is -0.0491. The minimum absolute atomic E-state index is 0.0657. The van der Waals surface area contributed by atoms with E-state index in [0.717, 1.165) is 0 Å². The van der Waals surface area contributed by atoms with E-state index in [1.807, 2.05) is 6.07 Å². The molecule has 9 heteroatoms. The molecule has 1 saturated heterocycles. The highest BCUT2D eigenvalue weighted by molar-refractivity contribution is 7.91. The maximum absolute atomic E-state index is 12.5. The molecule has 2 aromatic heterocycles. The van der Waals surface area contributed by atoms with E-state index < -0.39 is 16.1 Å². The van der Waals surface area contributed by atoms with Gasteiger partial charge in [0.2, 0.25) is 6.29 Å². The van der Waals surface area contributed by atoms with Gasteiger partial charge in [0.05, 0.1) is 48.2 Å². The van der Waals surface area contributed by atoms with Crippen molar-refractivity contribution >= 4 is 9.84 Å². The van der Waals surface area contributed by atoms with Crippen LogP contribution in [0.1, 0.15) is 24.5 Å². The topological polar surface area (TPSA) is 107 Å². The van der Waals surface area contributed by atoms with Gasteiger partial charge in [-0.25, -0.2) is 13.4 Å². The van der Waals surface area contributed by atoms with Crippen LogP contribution in [0.4, 0.5) is 0 Å². The molecule has 3 heterocycles. The van der Waals surface area contributed by atoms with Crippen molar-refractivity contribution in [3.05, 3.63) is 29.7 Å². The lowest BCUT2D eigenvalue weighted by Crippen LogP contribution is -2.11. The summed E-state index contributed by atoms with van der Waals surface area (Å²) in [6, 6.07) is 3.51. The van der Waals surface area contributed by atoms with Crippen molar-refractivity contribution in [2.24, 2.45) is 7.05 Å². The number of nitriles is 1. The molecule has 132 valence electrons. The first-order valence-electron chi connectivity index (χ1n) is 7.81. The van der Waals surface area contributed by atoms with Crippen LogP contribution < -0.4 is 0 Å². The van der Waals surface area contributed by atoms with Crippen molar-refractivity contribution in [2.75, 3.05) is 19.0 Å². The Morgan fingerprint density at radius 2 is 2.04 bits per heavy atom. The highest BCUT2D eigenvalue weighted by atomic mass is 32.2.